The number of hydrogen-bond acceptors (Lipinski definition) is 1. The molecule has 1 aromatic rings. The van der Waals surface area contributed by atoms with Crippen molar-refractivity contribution in [2.75, 3.05) is 0 Å². The van der Waals surface area contributed by atoms with Crippen LogP contribution in [0.25, 0.3) is 0 Å². The fourth-order valence-electron chi connectivity index (χ4n) is 1.95. The minimum absolute atomic E-state index is 0.338. The molecule has 0 atom stereocenters. The third-order valence-corrected chi connectivity index (χ3v) is 3.14. The molecule has 19 heavy (non-hydrogen) atoms. The van der Waals surface area contributed by atoms with Crippen molar-refractivity contribution in [3.8, 4) is 5.75 Å². The van der Waals surface area contributed by atoms with Gasteiger partial charge in [0.15, 0.2) is 0 Å². The lowest BCUT2D eigenvalue weighted by molar-refractivity contribution is 0.475. The summed E-state index contributed by atoms with van der Waals surface area (Å²) in [5.74, 6) is 0.338. The molecule has 0 unspecified atom stereocenters. The maximum absolute atomic E-state index is 9.18. The Labute approximate surface area is 117 Å². The Balaban J connectivity index is 2.07. The Kier molecular flexibility index (Phi) is 8.54. The molecular weight excluding hydrogens is 232 g/mol. The molecule has 0 fully saturated rings. The highest BCUT2D eigenvalue weighted by atomic mass is 16.3. The maximum Gasteiger partial charge on any atom is 0.115 e. The number of rotatable bonds is 9. The monoisotopic (exact) mass is 258 g/mol. The van der Waals surface area contributed by atoms with Gasteiger partial charge in [-0.3, -0.25) is 0 Å². The second-order valence-electron chi connectivity index (χ2n) is 4.91. The van der Waals surface area contributed by atoms with Crippen LogP contribution in [0, 0.1) is 0 Å². The number of aryl methyl sites for hydroxylation is 1. The van der Waals surface area contributed by atoms with E-state index in [4.69, 9.17) is 0 Å². The molecule has 104 valence electrons. The van der Waals surface area contributed by atoms with Crippen molar-refractivity contribution in [2.24, 2.45) is 0 Å². The average Bonchev–Trinajstić information content (AvgIpc) is 2.43. The van der Waals surface area contributed by atoms with Gasteiger partial charge in [-0.1, -0.05) is 62.6 Å². The first kappa shape index (κ1) is 15.6. The number of aromatic hydroxyl groups is 1. The van der Waals surface area contributed by atoms with Gasteiger partial charge >= 0.3 is 0 Å². The van der Waals surface area contributed by atoms with E-state index in [1.165, 1.54) is 37.7 Å². The number of phenolic OH excluding ortho intramolecular Hbond substituents is 1. The van der Waals surface area contributed by atoms with Crippen molar-refractivity contribution < 1.29 is 5.11 Å². The van der Waals surface area contributed by atoms with Gasteiger partial charge < -0.3 is 5.11 Å². The lowest BCUT2D eigenvalue weighted by Gasteiger charge is -1.97. The van der Waals surface area contributed by atoms with Crippen LogP contribution in [0.4, 0.5) is 0 Å². The van der Waals surface area contributed by atoms with E-state index in [0.29, 0.717) is 5.75 Å². The standard InChI is InChI=1S/C18H26O/c1-2-3-4-5-6-7-8-9-10-11-12-17-13-15-18(19)16-14-17/h7-10,13-16,19H,2-6,11-12H2,1H3/b8-7+,10-9+. The van der Waals surface area contributed by atoms with E-state index < -0.39 is 0 Å². The molecule has 0 saturated heterocycles. The molecule has 0 aliphatic carbocycles. The van der Waals surface area contributed by atoms with E-state index in [-0.39, 0.29) is 0 Å². The highest BCUT2D eigenvalue weighted by Gasteiger charge is 1.91. The first-order valence-corrected chi connectivity index (χ1v) is 7.42. The van der Waals surface area contributed by atoms with E-state index in [2.05, 4.69) is 31.2 Å². The SMILES string of the molecule is CCCCCC/C=C/C=C/CCc1ccc(O)cc1. The van der Waals surface area contributed by atoms with Gasteiger partial charge in [-0.2, -0.15) is 0 Å². The summed E-state index contributed by atoms with van der Waals surface area (Å²) in [4.78, 5) is 0. The summed E-state index contributed by atoms with van der Waals surface area (Å²) in [6.45, 7) is 2.24. The minimum Gasteiger partial charge on any atom is -0.508 e. The molecule has 1 rings (SSSR count). The molecule has 0 bridgehead atoms. The van der Waals surface area contributed by atoms with Crippen molar-refractivity contribution >= 4 is 0 Å². The zero-order valence-electron chi connectivity index (χ0n) is 12.0. The highest BCUT2D eigenvalue weighted by molar-refractivity contribution is 5.26. The number of hydrogen-bond donors (Lipinski definition) is 1. The zero-order valence-corrected chi connectivity index (χ0v) is 12.0. The van der Waals surface area contributed by atoms with Crippen LogP contribution in [0.3, 0.4) is 0 Å². The molecule has 1 heteroatoms. The third kappa shape index (κ3) is 8.25. The highest BCUT2D eigenvalue weighted by Crippen LogP contribution is 2.11. The summed E-state index contributed by atoms with van der Waals surface area (Å²) in [6.07, 6.45) is 17.4. The molecule has 1 aromatic carbocycles. The van der Waals surface area contributed by atoms with Crippen molar-refractivity contribution in [3.63, 3.8) is 0 Å². The largest absolute Gasteiger partial charge is 0.508 e. The number of unbranched alkanes of at least 4 members (excludes halogenated alkanes) is 4. The van der Waals surface area contributed by atoms with Gasteiger partial charge in [-0.05, 0) is 43.4 Å². The van der Waals surface area contributed by atoms with Crippen LogP contribution in [0.2, 0.25) is 0 Å². The van der Waals surface area contributed by atoms with Crippen molar-refractivity contribution in [1.29, 1.82) is 0 Å². The summed E-state index contributed by atoms with van der Waals surface area (Å²) in [5.41, 5.74) is 1.27. The van der Waals surface area contributed by atoms with Gasteiger partial charge in [-0.25, -0.2) is 0 Å². The van der Waals surface area contributed by atoms with Gasteiger partial charge in [0, 0.05) is 0 Å². The number of allylic oxidation sites excluding steroid dienone is 4. The van der Waals surface area contributed by atoms with E-state index in [1.807, 2.05) is 12.1 Å². The van der Waals surface area contributed by atoms with E-state index >= 15 is 0 Å². The van der Waals surface area contributed by atoms with Gasteiger partial charge in [0.25, 0.3) is 0 Å². The zero-order chi connectivity index (χ0) is 13.8. The molecule has 0 heterocycles. The topological polar surface area (TPSA) is 20.2 Å². The van der Waals surface area contributed by atoms with Crippen molar-refractivity contribution in [2.45, 2.75) is 51.9 Å². The second kappa shape index (κ2) is 10.4. The molecule has 0 aliphatic rings. The smallest absolute Gasteiger partial charge is 0.115 e. The Hall–Kier alpha value is -1.50. The molecule has 0 aliphatic heterocycles. The Morgan fingerprint density at radius 3 is 2.26 bits per heavy atom. The fraction of sp³-hybridized carbons (Fsp3) is 0.444. The Morgan fingerprint density at radius 1 is 0.895 bits per heavy atom. The predicted octanol–water partition coefficient (Wildman–Crippen LogP) is 5.41. The normalized spacial score (nSPS) is 11.6. The van der Waals surface area contributed by atoms with Gasteiger partial charge in [0.2, 0.25) is 0 Å². The maximum atomic E-state index is 9.18. The lowest BCUT2D eigenvalue weighted by atomic mass is 10.1. The van der Waals surface area contributed by atoms with Crippen molar-refractivity contribution in [3.05, 3.63) is 54.1 Å². The van der Waals surface area contributed by atoms with Gasteiger partial charge in [0.05, 0.1) is 0 Å². The Bertz CT molecular complexity index is 373. The summed E-state index contributed by atoms with van der Waals surface area (Å²) in [7, 11) is 0. The van der Waals surface area contributed by atoms with Crippen LogP contribution < -0.4 is 0 Å². The lowest BCUT2D eigenvalue weighted by Crippen LogP contribution is -1.81. The average molecular weight is 258 g/mol. The fourth-order valence-corrected chi connectivity index (χ4v) is 1.95. The summed E-state index contributed by atoms with van der Waals surface area (Å²) < 4.78 is 0. The minimum atomic E-state index is 0.338. The van der Waals surface area contributed by atoms with E-state index in [0.717, 1.165) is 12.8 Å². The quantitative estimate of drug-likeness (QED) is 0.464. The van der Waals surface area contributed by atoms with Crippen LogP contribution in [0.5, 0.6) is 5.75 Å². The number of benzene rings is 1. The van der Waals surface area contributed by atoms with Crippen LogP contribution in [-0.4, -0.2) is 5.11 Å². The van der Waals surface area contributed by atoms with Gasteiger partial charge in [-0.15, -0.1) is 0 Å². The van der Waals surface area contributed by atoms with Crippen LogP contribution in [0.15, 0.2) is 48.6 Å². The number of phenols is 1. The molecule has 0 saturated carbocycles. The molecule has 1 N–H and O–H groups in total. The van der Waals surface area contributed by atoms with E-state index in [1.54, 1.807) is 12.1 Å². The predicted molar refractivity (Wildman–Crippen MR) is 83.5 cm³/mol. The Morgan fingerprint density at radius 2 is 1.58 bits per heavy atom. The second-order valence-corrected chi connectivity index (χ2v) is 4.91. The first-order valence-electron chi connectivity index (χ1n) is 7.42. The molecule has 1 nitrogen and oxygen atoms in total. The molecule has 0 amide bonds. The molecule has 0 radical (unpaired) electrons. The summed E-state index contributed by atoms with van der Waals surface area (Å²) >= 11 is 0. The van der Waals surface area contributed by atoms with Crippen LogP contribution >= 0.6 is 0 Å². The van der Waals surface area contributed by atoms with E-state index in [9.17, 15) is 5.11 Å². The first-order chi connectivity index (χ1) is 9.33. The van der Waals surface area contributed by atoms with Crippen molar-refractivity contribution in [1.82, 2.24) is 0 Å². The molecule has 0 spiro atoms. The summed E-state index contributed by atoms with van der Waals surface area (Å²) in [5, 5.41) is 9.18. The third-order valence-electron chi connectivity index (χ3n) is 3.14. The van der Waals surface area contributed by atoms with Gasteiger partial charge in [0.1, 0.15) is 5.75 Å². The molecular formula is C18H26O. The van der Waals surface area contributed by atoms with Crippen LogP contribution in [-0.2, 0) is 6.42 Å². The van der Waals surface area contributed by atoms with Crippen LogP contribution in [0.1, 0.15) is 51.0 Å². The molecule has 0 aromatic heterocycles. The summed E-state index contributed by atoms with van der Waals surface area (Å²) in [6, 6.07) is 7.45.